The molecule has 0 radical (unpaired) electrons. The van der Waals surface area contributed by atoms with Crippen LogP contribution in [0.4, 0.5) is 4.39 Å². The minimum Gasteiger partial charge on any atom is -0.497 e. The zero-order valence-corrected chi connectivity index (χ0v) is 16.9. The number of thioether (sulfide) groups is 1. The molecule has 1 atom stereocenters. The molecule has 0 fully saturated rings. The average molecular weight is 417 g/mol. The molecular weight excluding hydrogens is 397 g/mol. The van der Waals surface area contributed by atoms with E-state index in [4.69, 9.17) is 9.47 Å². The van der Waals surface area contributed by atoms with Crippen LogP contribution in [0.2, 0.25) is 0 Å². The first-order chi connectivity index (χ1) is 14.0. The van der Waals surface area contributed by atoms with Gasteiger partial charge in [-0.05, 0) is 47.2 Å². The summed E-state index contributed by atoms with van der Waals surface area (Å²) in [6.45, 7) is 2.06. The Hall–Kier alpha value is -3.14. The van der Waals surface area contributed by atoms with Crippen molar-refractivity contribution in [3.8, 4) is 17.2 Å². The lowest BCUT2D eigenvalue weighted by molar-refractivity contribution is -0.120. The van der Waals surface area contributed by atoms with Gasteiger partial charge in [0.1, 0.15) is 23.0 Å². The minimum atomic E-state index is -0.461. The predicted molar refractivity (Wildman–Crippen MR) is 106 cm³/mol. The van der Waals surface area contributed by atoms with Crippen LogP contribution < -0.4 is 14.8 Å². The summed E-state index contributed by atoms with van der Waals surface area (Å²) in [6.07, 6.45) is 0. The van der Waals surface area contributed by atoms with E-state index in [9.17, 15) is 9.18 Å². The Balaban J connectivity index is 1.71. The molecule has 29 heavy (non-hydrogen) atoms. The molecule has 1 amide bonds. The monoisotopic (exact) mass is 417 g/mol. The molecule has 0 aliphatic carbocycles. The minimum absolute atomic E-state index is 0.188. The molecule has 10 heteroatoms. The highest BCUT2D eigenvalue weighted by Gasteiger charge is 2.21. The van der Waals surface area contributed by atoms with Crippen molar-refractivity contribution in [2.75, 3.05) is 14.2 Å². The first kappa shape index (κ1) is 20.6. The van der Waals surface area contributed by atoms with Gasteiger partial charge < -0.3 is 14.8 Å². The molecule has 0 spiro atoms. The van der Waals surface area contributed by atoms with Crippen LogP contribution in [0.25, 0.3) is 5.69 Å². The number of methoxy groups -OCH3 is 2. The van der Waals surface area contributed by atoms with Gasteiger partial charge in [0.15, 0.2) is 0 Å². The van der Waals surface area contributed by atoms with Crippen molar-refractivity contribution < 1.29 is 18.7 Å². The summed E-state index contributed by atoms with van der Waals surface area (Å²) >= 11 is 1.21. The number of carbonyl (C=O) groups is 1. The molecule has 1 heterocycles. The summed E-state index contributed by atoms with van der Waals surface area (Å²) in [5, 5.41) is 14.6. The lowest BCUT2D eigenvalue weighted by Gasteiger charge is -2.13. The van der Waals surface area contributed by atoms with E-state index in [2.05, 4.69) is 20.8 Å². The largest absolute Gasteiger partial charge is 0.497 e. The van der Waals surface area contributed by atoms with E-state index >= 15 is 0 Å². The number of aromatic nitrogens is 4. The van der Waals surface area contributed by atoms with Crippen LogP contribution in [0.1, 0.15) is 12.5 Å². The molecule has 0 saturated carbocycles. The lowest BCUT2D eigenvalue weighted by atomic mass is 10.2. The van der Waals surface area contributed by atoms with E-state index in [0.717, 1.165) is 5.56 Å². The molecule has 1 aromatic heterocycles. The summed E-state index contributed by atoms with van der Waals surface area (Å²) in [6, 6.07) is 11.2. The SMILES string of the molecule is COc1ccc(OC)c(-n2nnnc2SC(C)C(=O)NCc2ccc(F)cc2)c1. The van der Waals surface area contributed by atoms with Gasteiger partial charge in [-0.1, -0.05) is 23.9 Å². The Labute approximate surface area is 171 Å². The Morgan fingerprint density at radius 3 is 2.66 bits per heavy atom. The van der Waals surface area contributed by atoms with Crippen molar-refractivity contribution in [1.82, 2.24) is 25.5 Å². The summed E-state index contributed by atoms with van der Waals surface area (Å²) in [5.74, 6) is 0.681. The first-order valence-corrected chi connectivity index (χ1v) is 9.59. The molecule has 1 unspecified atom stereocenters. The lowest BCUT2D eigenvalue weighted by Crippen LogP contribution is -2.30. The van der Waals surface area contributed by atoms with E-state index in [1.165, 1.54) is 28.6 Å². The van der Waals surface area contributed by atoms with Crippen LogP contribution in [0.3, 0.4) is 0 Å². The molecule has 2 aromatic carbocycles. The summed E-state index contributed by atoms with van der Waals surface area (Å²) in [5.41, 5.74) is 1.40. The molecule has 3 rings (SSSR count). The maximum atomic E-state index is 13.0. The molecule has 3 aromatic rings. The number of hydrogen-bond donors (Lipinski definition) is 1. The number of nitrogens with one attached hydrogen (secondary N) is 1. The number of benzene rings is 2. The number of hydrogen-bond acceptors (Lipinski definition) is 7. The molecule has 8 nitrogen and oxygen atoms in total. The number of nitrogens with zero attached hydrogens (tertiary/aromatic N) is 4. The van der Waals surface area contributed by atoms with Crippen LogP contribution in [0, 0.1) is 5.82 Å². The van der Waals surface area contributed by atoms with Crippen molar-refractivity contribution in [2.45, 2.75) is 23.9 Å². The molecule has 152 valence electrons. The van der Waals surface area contributed by atoms with Gasteiger partial charge in [0.2, 0.25) is 11.1 Å². The van der Waals surface area contributed by atoms with E-state index < -0.39 is 5.25 Å². The maximum absolute atomic E-state index is 13.0. The second kappa shape index (κ2) is 9.37. The molecule has 1 N–H and O–H groups in total. The molecular formula is C19H20FN5O3S. The second-order valence-corrected chi connectivity index (χ2v) is 7.32. The third-order valence-electron chi connectivity index (χ3n) is 4.09. The Morgan fingerprint density at radius 2 is 1.97 bits per heavy atom. The van der Waals surface area contributed by atoms with Gasteiger partial charge in [-0.25, -0.2) is 4.39 Å². The van der Waals surface area contributed by atoms with Crippen molar-refractivity contribution >= 4 is 17.7 Å². The van der Waals surface area contributed by atoms with E-state index in [1.807, 2.05) is 0 Å². The fraction of sp³-hybridized carbons (Fsp3) is 0.263. The molecule has 0 saturated heterocycles. The van der Waals surface area contributed by atoms with Crippen LogP contribution in [-0.4, -0.2) is 45.6 Å². The Morgan fingerprint density at radius 1 is 1.21 bits per heavy atom. The third kappa shape index (κ3) is 5.02. The van der Waals surface area contributed by atoms with Crippen LogP contribution in [0.15, 0.2) is 47.6 Å². The van der Waals surface area contributed by atoms with Gasteiger partial charge in [0.25, 0.3) is 0 Å². The van der Waals surface area contributed by atoms with Crippen molar-refractivity contribution in [3.05, 3.63) is 53.8 Å². The van der Waals surface area contributed by atoms with Crippen LogP contribution in [-0.2, 0) is 11.3 Å². The number of ether oxygens (including phenoxy) is 2. The fourth-order valence-corrected chi connectivity index (χ4v) is 3.34. The first-order valence-electron chi connectivity index (χ1n) is 8.71. The summed E-state index contributed by atoms with van der Waals surface area (Å²) < 4.78 is 25.1. The highest BCUT2D eigenvalue weighted by molar-refractivity contribution is 8.00. The third-order valence-corrected chi connectivity index (χ3v) is 5.12. The zero-order chi connectivity index (χ0) is 20.8. The number of halogens is 1. The van der Waals surface area contributed by atoms with Crippen molar-refractivity contribution in [2.24, 2.45) is 0 Å². The number of tetrazole rings is 1. The number of carbonyl (C=O) groups excluding carboxylic acids is 1. The highest BCUT2D eigenvalue weighted by Crippen LogP contribution is 2.30. The van der Waals surface area contributed by atoms with Gasteiger partial charge in [0.05, 0.1) is 19.5 Å². The molecule has 0 bridgehead atoms. The Bertz CT molecular complexity index is 980. The maximum Gasteiger partial charge on any atom is 0.233 e. The average Bonchev–Trinajstić information content (AvgIpc) is 3.20. The second-order valence-electron chi connectivity index (χ2n) is 6.02. The van der Waals surface area contributed by atoms with E-state index in [-0.39, 0.29) is 11.7 Å². The van der Waals surface area contributed by atoms with E-state index in [0.29, 0.717) is 28.9 Å². The standard InChI is InChI=1S/C19H20FN5O3S/c1-12(18(26)21-11-13-4-6-14(20)7-5-13)29-19-22-23-24-25(19)16-10-15(27-2)8-9-17(16)28-3/h4-10,12H,11H2,1-3H3,(H,21,26). The van der Waals surface area contributed by atoms with Crippen molar-refractivity contribution in [1.29, 1.82) is 0 Å². The normalized spacial score (nSPS) is 11.7. The van der Waals surface area contributed by atoms with Crippen LogP contribution >= 0.6 is 11.8 Å². The Kier molecular flexibility index (Phi) is 6.65. The number of rotatable bonds is 8. The van der Waals surface area contributed by atoms with Gasteiger partial charge >= 0.3 is 0 Å². The van der Waals surface area contributed by atoms with Gasteiger partial charge in [-0.2, -0.15) is 4.68 Å². The zero-order valence-electron chi connectivity index (χ0n) is 16.1. The summed E-state index contributed by atoms with van der Waals surface area (Å²) in [7, 11) is 3.11. The van der Waals surface area contributed by atoms with Gasteiger partial charge in [-0.3, -0.25) is 4.79 Å². The van der Waals surface area contributed by atoms with Gasteiger partial charge in [-0.15, -0.1) is 5.10 Å². The fourth-order valence-electron chi connectivity index (χ4n) is 2.51. The van der Waals surface area contributed by atoms with Crippen LogP contribution in [0.5, 0.6) is 11.5 Å². The summed E-state index contributed by atoms with van der Waals surface area (Å²) in [4.78, 5) is 12.5. The molecule has 0 aliphatic heterocycles. The van der Waals surface area contributed by atoms with E-state index in [1.54, 1.807) is 51.5 Å². The predicted octanol–water partition coefficient (Wildman–Crippen LogP) is 2.62. The topological polar surface area (TPSA) is 91.2 Å². The highest BCUT2D eigenvalue weighted by atomic mass is 32.2. The number of amides is 1. The quantitative estimate of drug-likeness (QED) is 0.564. The van der Waals surface area contributed by atoms with Gasteiger partial charge in [0, 0.05) is 12.6 Å². The van der Waals surface area contributed by atoms with Crippen molar-refractivity contribution in [3.63, 3.8) is 0 Å². The molecule has 0 aliphatic rings. The smallest absolute Gasteiger partial charge is 0.233 e.